The smallest absolute Gasteiger partial charge is 0.0598 e. The third kappa shape index (κ3) is 5.90. The van der Waals surface area contributed by atoms with E-state index in [0.717, 1.165) is 45.2 Å². The Kier molecular flexibility index (Phi) is 6.92. The average Bonchev–Trinajstić information content (AvgIpc) is 2.60. The summed E-state index contributed by atoms with van der Waals surface area (Å²) >= 11 is 4.82. The van der Waals surface area contributed by atoms with Gasteiger partial charge < -0.3 is 9.64 Å². The van der Waals surface area contributed by atoms with E-state index in [9.17, 15) is 0 Å². The van der Waals surface area contributed by atoms with Crippen LogP contribution >= 0.6 is 12.6 Å². The first-order valence-electron chi connectivity index (χ1n) is 10.2. The van der Waals surface area contributed by atoms with Crippen LogP contribution < -0.4 is 4.90 Å². The van der Waals surface area contributed by atoms with Gasteiger partial charge in [-0.05, 0) is 42.7 Å². The summed E-state index contributed by atoms with van der Waals surface area (Å²) in [5, 5.41) is 0.304. The van der Waals surface area contributed by atoms with Gasteiger partial charge in [-0.3, -0.25) is 4.90 Å². The molecule has 1 aliphatic carbocycles. The summed E-state index contributed by atoms with van der Waals surface area (Å²) in [4.78, 5) is 5.01. The van der Waals surface area contributed by atoms with E-state index < -0.39 is 0 Å². The summed E-state index contributed by atoms with van der Waals surface area (Å²) in [5.41, 5.74) is 1.76. The normalized spacial score (nSPS) is 28.1. The Morgan fingerprint density at radius 3 is 2.46 bits per heavy atom. The first-order valence-corrected chi connectivity index (χ1v) is 10.7. The molecule has 146 valence electrons. The van der Waals surface area contributed by atoms with Crippen LogP contribution in [0.2, 0.25) is 0 Å². The molecular formula is C22H36N2OS. The lowest BCUT2D eigenvalue weighted by Crippen LogP contribution is -2.48. The number of benzene rings is 1. The summed E-state index contributed by atoms with van der Waals surface area (Å²) < 4.78 is 6.27. The minimum atomic E-state index is 0.304. The number of nitrogens with zero attached hydrogens (tertiary/aromatic N) is 2. The van der Waals surface area contributed by atoms with Gasteiger partial charge in [0.15, 0.2) is 0 Å². The van der Waals surface area contributed by atoms with Gasteiger partial charge in [0.2, 0.25) is 0 Å². The second-order valence-corrected chi connectivity index (χ2v) is 9.88. The summed E-state index contributed by atoms with van der Waals surface area (Å²) in [6.07, 6.45) is 4.13. The molecule has 2 aliphatic rings. The van der Waals surface area contributed by atoms with Crippen LogP contribution in [0.1, 0.15) is 40.0 Å². The van der Waals surface area contributed by atoms with Gasteiger partial charge in [0.05, 0.1) is 12.7 Å². The van der Waals surface area contributed by atoms with E-state index in [4.69, 9.17) is 17.4 Å². The second-order valence-electron chi connectivity index (χ2n) is 9.15. The predicted octanol–water partition coefficient (Wildman–Crippen LogP) is 4.34. The third-order valence-corrected chi connectivity index (χ3v) is 6.15. The van der Waals surface area contributed by atoms with E-state index in [1.807, 2.05) is 0 Å². The Morgan fingerprint density at radius 1 is 1.12 bits per heavy atom. The molecule has 0 N–H and O–H groups in total. The van der Waals surface area contributed by atoms with Gasteiger partial charge in [-0.2, -0.15) is 12.6 Å². The monoisotopic (exact) mass is 376 g/mol. The van der Waals surface area contributed by atoms with Crippen molar-refractivity contribution in [3.63, 3.8) is 0 Å². The van der Waals surface area contributed by atoms with Crippen LogP contribution in [0.25, 0.3) is 0 Å². The minimum Gasteiger partial charge on any atom is -0.377 e. The Bertz CT molecular complexity index is 542. The number of ether oxygens (including phenoxy) is 1. The number of hydrogen-bond donors (Lipinski definition) is 1. The number of piperazine rings is 1. The molecule has 3 rings (SSSR count). The summed E-state index contributed by atoms with van der Waals surface area (Å²) in [6.45, 7) is 13.3. The molecule has 0 unspecified atom stereocenters. The van der Waals surface area contributed by atoms with E-state index in [1.54, 1.807) is 0 Å². The molecular weight excluding hydrogens is 340 g/mol. The lowest BCUT2D eigenvalue weighted by molar-refractivity contribution is -0.0237. The molecule has 4 heteroatoms. The molecule has 1 saturated heterocycles. The largest absolute Gasteiger partial charge is 0.377 e. The van der Waals surface area contributed by atoms with Crippen molar-refractivity contribution >= 4 is 18.3 Å². The molecule has 1 aromatic rings. The van der Waals surface area contributed by atoms with Gasteiger partial charge in [0, 0.05) is 43.7 Å². The van der Waals surface area contributed by atoms with Gasteiger partial charge in [0.1, 0.15) is 0 Å². The maximum Gasteiger partial charge on any atom is 0.0598 e. The predicted molar refractivity (Wildman–Crippen MR) is 114 cm³/mol. The molecule has 1 heterocycles. The summed E-state index contributed by atoms with van der Waals surface area (Å²) in [7, 11) is 0. The zero-order valence-corrected chi connectivity index (χ0v) is 17.6. The molecule has 3 atom stereocenters. The Morgan fingerprint density at radius 2 is 1.81 bits per heavy atom. The number of hydrogen-bond acceptors (Lipinski definition) is 4. The third-order valence-electron chi connectivity index (χ3n) is 5.83. The van der Waals surface area contributed by atoms with Crippen LogP contribution in [0.15, 0.2) is 30.3 Å². The molecule has 26 heavy (non-hydrogen) atoms. The fourth-order valence-corrected chi connectivity index (χ4v) is 5.13. The Hall–Kier alpha value is -0.710. The van der Waals surface area contributed by atoms with Crippen LogP contribution in [-0.2, 0) is 4.74 Å². The standard InChI is InChI=1S/C22H36N2OS/c1-18-13-20(15-22(2,3)14-18)25-17-21(26)16-23-9-11-24(12-10-23)19-7-5-4-6-8-19/h4-8,18,20-21,26H,9-17H2,1-3H3/t18-,20+,21+/m1/s1. The number of para-hydroxylation sites is 1. The van der Waals surface area contributed by atoms with Crippen molar-refractivity contribution in [1.29, 1.82) is 0 Å². The lowest BCUT2D eigenvalue weighted by atomic mass is 9.71. The van der Waals surface area contributed by atoms with Crippen LogP contribution in [0.4, 0.5) is 5.69 Å². The zero-order chi connectivity index (χ0) is 18.6. The van der Waals surface area contributed by atoms with Crippen LogP contribution in [-0.4, -0.2) is 55.6 Å². The summed E-state index contributed by atoms with van der Waals surface area (Å²) in [5.74, 6) is 0.771. The number of thiol groups is 1. The highest BCUT2D eigenvalue weighted by atomic mass is 32.1. The molecule has 3 nitrogen and oxygen atoms in total. The van der Waals surface area contributed by atoms with E-state index >= 15 is 0 Å². The molecule has 0 radical (unpaired) electrons. The first-order chi connectivity index (χ1) is 12.4. The molecule has 1 saturated carbocycles. The quantitative estimate of drug-likeness (QED) is 0.744. The summed E-state index contributed by atoms with van der Waals surface area (Å²) in [6, 6.07) is 10.7. The van der Waals surface area contributed by atoms with E-state index in [1.165, 1.54) is 24.9 Å². The van der Waals surface area contributed by atoms with Crippen molar-refractivity contribution in [2.24, 2.45) is 11.3 Å². The maximum atomic E-state index is 6.27. The van der Waals surface area contributed by atoms with Crippen LogP contribution in [0.5, 0.6) is 0 Å². The van der Waals surface area contributed by atoms with E-state index in [-0.39, 0.29) is 0 Å². The first kappa shape index (κ1) is 20.0. The van der Waals surface area contributed by atoms with Crippen molar-refractivity contribution in [3.8, 4) is 0 Å². The Balaban J connectivity index is 1.37. The molecule has 0 amide bonds. The van der Waals surface area contributed by atoms with Crippen molar-refractivity contribution in [1.82, 2.24) is 4.90 Å². The molecule has 1 aliphatic heterocycles. The highest BCUT2D eigenvalue weighted by Crippen LogP contribution is 2.39. The number of anilines is 1. The molecule has 0 spiro atoms. The van der Waals surface area contributed by atoms with E-state index in [2.05, 4.69) is 60.9 Å². The van der Waals surface area contributed by atoms with Gasteiger partial charge in [0.25, 0.3) is 0 Å². The van der Waals surface area contributed by atoms with E-state index in [0.29, 0.717) is 16.8 Å². The van der Waals surface area contributed by atoms with Crippen molar-refractivity contribution in [2.45, 2.75) is 51.4 Å². The highest BCUT2D eigenvalue weighted by Gasteiger charge is 2.32. The van der Waals surface area contributed by atoms with Crippen LogP contribution in [0.3, 0.4) is 0 Å². The minimum absolute atomic E-state index is 0.304. The molecule has 0 aromatic heterocycles. The average molecular weight is 377 g/mol. The van der Waals surface area contributed by atoms with Gasteiger partial charge in [-0.25, -0.2) is 0 Å². The van der Waals surface area contributed by atoms with Gasteiger partial charge in [-0.1, -0.05) is 39.0 Å². The van der Waals surface area contributed by atoms with Crippen LogP contribution in [0, 0.1) is 11.3 Å². The van der Waals surface area contributed by atoms with Gasteiger partial charge >= 0.3 is 0 Å². The topological polar surface area (TPSA) is 15.7 Å². The van der Waals surface area contributed by atoms with Crippen molar-refractivity contribution in [3.05, 3.63) is 30.3 Å². The zero-order valence-electron chi connectivity index (χ0n) is 16.7. The SMILES string of the molecule is C[C@@H]1C[C@H](OC[C@@H](S)CN2CCN(c3ccccc3)CC2)CC(C)(C)C1. The molecule has 1 aromatic carbocycles. The lowest BCUT2D eigenvalue weighted by Gasteiger charge is -2.39. The Labute approximate surface area is 165 Å². The molecule has 0 bridgehead atoms. The van der Waals surface area contributed by atoms with Crippen molar-refractivity contribution < 1.29 is 4.74 Å². The fraction of sp³-hybridized carbons (Fsp3) is 0.727. The highest BCUT2D eigenvalue weighted by molar-refractivity contribution is 7.81. The fourth-order valence-electron chi connectivity index (χ4n) is 4.81. The molecule has 2 fully saturated rings. The van der Waals surface area contributed by atoms with Gasteiger partial charge in [-0.15, -0.1) is 0 Å². The maximum absolute atomic E-state index is 6.27. The second kappa shape index (κ2) is 8.99. The number of rotatable bonds is 6. The van der Waals surface area contributed by atoms with Crippen molar-refractivity contribution in [2.75, 3.05) is 44.2 Å².